The van der Waals surface area contributed by atoms with Crippen LogP contribution < -0.4 is 0 Å². The number of azide groups is 1. The van der Waals surface area contributed by atoms with Crippen LogP contribution in [0.5, 0.6) is 0 Å². The molecule has 74 valence electrons. The van der Waals surface area contributed by atoms with Gasteiger partial charge in [0, 0.05) is 23.5 Å². The molecule has 12 heavy (non-hydrogen) atoms. The highest BCUT2D eigenvalue weighted by Gasteiger charge is 1.95. The Balaban J connectivity index is -0.0000000600. The van der Waals surface area contributed by atoms with Crippen LogP contribution in [-0.4, -0.2) is 0 Å². The molecule has 0 amide bonds. The molecule has 0 N–H and O–H groups in total. The van der Waals surface area contributed by atoms with Crippen molar-refractivity contribution in [3.63, 3.8) is 0 Å². The summed E-state index contributed by atoms with van der Waals surface area (Å²) in [4.78, 5) is 2.63. The van der Waals surface area contributed by atoms with Crippen LogP contribution in [0.2, 0.25) is 10.0 Å². The Kier molecular flexibility index (Phi) is 3.23. The van der Waals surface area contributed by atoms with Gasteiger partial charge in [-0.2, -0.15) is 0 Å². The fourth-order valence-electron chi connectivity index (χ4n) is 0.816. The maximum absolute atomic E-state index is 8.06. The molecule has 0 heterocycles. The van der Waals surface area contributed by atoms with Gasteiger partial charge in [0.25, 0.3) is 0 Å². The van der Waals surface area contributed by atoms with Gasteiger partial charge in [-0.15, -0.1) is 0 Å². The monoisotopic (exact) mass is 213 g/mol. The van der Waals surface area contributed by atoms with Gasteiger partial charge in [-0.05, 0) is 29.3 Å². The number of rotatable bonds is 2. The van der Waals surface area contributed by atoms with Crippen LogP contribution in [0.1, 0.15) is 14.1 Å². The zero-order chi connectivity index (χ0) is 8.97. The van der Waals surface area contributed by atoms with Gasteiger partial charge in [0.05, 0.1) is 6.54 Å². The Morgan fingerprint density at radius 1 is 1.33 bits per heavy atom. The van der Waals surface area contributed by atoms with E-state index in [0.29, 0.717) is 10.0 Å². The summed E-state index contributed by atoms with van der Waals surface area (Å²) in [5.41, 5.74) is 8.87. The molecule has 1 rings (SSSR count). The van der Waals surface area contributed by atoms with E-state index in [1.165, 1.54) is 0 Å². The van der Waals surface area contributed by atoms with E-state index < -0.39 is 0 Å². The van der Waals surface area contributed by atoms with E-state index >= 15 is 0 Å². The highest BCUT2D eigenvalue weighted by Crippen LogP contribution is 2.19. The Morgan fingerprint density at radius 3 is 2.42 bits per heavy atom. The molecule has 0 unspecified atom stereocenters. The van der Waals surface area contributed by atoms with Gasteiger partial charge in [0.1, 0.15) is 0 Å². The van der Waals surface area contributed by atoms with E-state index in [4.69, 9.17) is 28.7 Å². The van der Waals surface area contributed by atoms with Crippen LogP contribution in [0.25, 0.3) is 10.4 Å². The van der Waals surface area contributed by atoms with Crippen molar-refractivity contribution < 1.29 is 8.56 Å². The smallest absolute Gasteiger partial charge is 0.0511 e. The van der Waals surface area contributed by atoms with Crippen molar-refractivity contribution in [2.45, 2.75) is 6.54 Å². The van der Waals surface area contributed by atoms with Crippen molar-refractivity contribution in [2.24, 2.45) is 5.11 Å². The summed E-state index contributed by atoms with van der Waals surface area (Å²) in [5.74, 6) is 0. The van der Waals surface area contributed by atoms with Gasteiger partial charge in [0.2, 0.25) is 0 Å². The van der Waals surface area contributed by atoms with Crippen LogP contribution in [0.3, 0.4) is 0 Å². The van der Waals surface area contributed by atoms with Crippen LogP contribution in [0.4, 0.5) is 0 Å². The predicted molar refractivity (Wildman–Crippen MR) is 62.0 cm³/mol. The van der Waals surface area contributed by atoms with Crippen molar-refractivity contribution >= 4 is 23.2 Å². The minimum absolute atomic E-state index is 0. The van der Waals surface area contributed by atoms with Gasteiger partial charge in [-0.3, -0.25) is 0 Å². The molecule has 5 heteroatoms. The summed E-state index contributed by atoms with van der Waals surface area (Å²) >= 11 is 11.4. The lowest BCUT2D eigenvalue weighted by molar-refractivity contribution is 1.05. The predicted octanol–water partition coefficient (Wildman–Crippen LogP) is 5.28. The van der Waals surface area contributed by atoms with Crippen molar-refractivity contribution in [3.05, 3.63) is 44.3 Å². The zero-order valence-electron chi connectivity index (χ0n) is 6.04. The Labute approximate surface area is 88.4 Å². The molecule has 0 aliphatic heterocycles. The largest absolute Gasteiger partial charge is 0.0893 e. The van der Waals surface area contributed by atoms with Gasteiger partial charge in [0.15, 0.2) is 0 Å². The van der Waals surface area contributed by atoms with E-state index in [1.54, 1.807) is 18.2 Å². The summed E-state index contributed by atoms with van der Waals surface area (Å²) in [6.07, 6.45) is 0. The molecule has 0 spiro atoms. The maximum Gasteiger partial charge on any atom is 0.0511 e. The molecular weight excluding hydrogens is 197 g/mol. The average Bonchev–Trinajstić information content (AvgIpc) is 1.99. The van der Waals surface area contributed by atoms with Crippen molar-refractivity contribution in [2.75, 3.05) is 0 Å². The van der Waals surface area contributed by atoms with Crippen molar-refractivity contribution in [3.8, 4) is 0 Å². The number of benzene rings is 1. The van der Waals surface area contributed by atoms with Crippen LogP contribution in [-0.2, 0) is 6.54 Å². The molecule has 0 saturated heterocycles. The standard InChI is InChI=1S/C7H5Cl2N3.6H2/c8-6-1-5(4-11-12-10)2-7(9)3-6;;;;;;/h1-3H,4H2;6*1H. The summed E-state index contributed by atoms with van der Waals surface area (Å²) in [5, 5.41) is 4.48. The molecule has 0 aromatic heterocycles. The summed E-state index contributed by atoms with van der Waals surface area (Å²) in [7, 11) is 0. The quantitative estimate of drug-likeness (QED) is 0.365. The third-order valence-corrected chi connectivity index (χ3v) is 1.68. The first-order chi connectivity index (χ1) is 5.72. The lowest BCUT2D eigenvalue weighted by Crippen LogP contribution is -1.79. The second-order valence-corrected chi connectivity index (χ2v) is 3.04. The normalized spacial score (nSPS) is 9.17. The lowest BCUT2D eigenvalue weighted by Gasteiger charge is -1.97. The minimum atomic E-state index is 0. The first-order valence-corrected chi connectivity index (χ1v) is 3.94. The summed E-state index contributed by atoms with van der Waals surface area (Å²) in [6, 6.07) is 5.05. The van der Waals surface area contributed by atoms with E-state index in [9.17, 15) is 0 Å². The molecule has 1 aromatic carbocycles. The topological polar surface area (TPSA) is 48.8 Å². The SMILES string of the molecule is [HH].[HH].[HH].[HH].[HH].[HH].[N-]=[N+]=NCc1cc(Cl)cc(Cl)c1. The van der Waals surface area contributed by atoms with E-state index in [-0.39, 0.29) is 15.1 Å². The summed E-state index contributed by atoms with van der Waals surface area (Å²) < 4.78 is 0. The average molecular weight is 214 g/mol. The first kappa shape index (κ1) is 9.20. The molecule has 0 atom stereocenters. The third-order valence-electron chi connectivity index (χ3n) is 1.24. The number of hydrogen-bond acceptors (Lipinski definition) is 1. The fraction of sp³-hybridized carbons (Fsp3) is 0.143. The fourth-order valence-corrected chi connectivity index (χ4v) is 1.39. The number of nitrogens with zero attached hydrogens (tertiary/aromatic N) is 3. The van der Waals surface area contributed by atoms with Crippen LogP contribution in [0.15, 0.2) is 23.3 Å². The highest BCUT2D eigenvalue weighted by molar-refractivity contribution is 6.34. The first-order valence-electron chi connectivity index (χ1n) is 3.18. The second kappa shape index (κ2) is 4.21. The zero-order valence-corrected chi connectivity index (χ0v) is 7.55. The van der Waals surface area contributed by atoms with Gasteiger partial charge in [-0.25, -0.2) is 0 Å². The molecule has 0 bridgehead atoms. The van der Waals surface area contributed by atoms with Gasteiger partial charge in [-0.1, -0.05) is 28.3 Å². The minimum Gasteiger partial charge on any atom is -0.0893 e. The van der Waals surface area contributed by atoms with E-state index in [0.717, 1.165) is 5.56 Å². The molecule has 0 saturated carbocycles. The van der Waals surface area contributed by atoms with E-state index in [2.05, 4.69) is 10.0 Å². The molecule has 1 aromatic rings. The van der Waals surface area contributed by atoms with Crippen LogP contribution >= 0.6 is 23.2 Å². The third kappa shape index (κ3) is 2.62. The van der Waals surface area contributed by atoms with Gasteiger partial charge < -0.3 is 0 Å². The Hall–Kier alpha value is -0.890. The Morgan fingerprint density at radius 2 is 1.92 bits per heavy atom. The van der Waals surface area contributed by atoms with Crippen molar-refractivity contribution in [1.82, 2.24) is 0 Å². The molecule has 0 aliphatic rings. The molecule has 0 aliphatic carbocycles. The molecule has 0 fully saturated rings. The lowest BCUT2D eigenvalue weighted by atomic mass is 10.2. The Bertz CT molecular complexity index is 328. The number of halogens is 2. The van der Waals surface area contributed by atoms with Gasteiger partial charge >= 0.3 is 0 Å². The van der Waals surface area contributed by atoms with Crippen molar-refractivity contribution in [1.29, 1.82) is 0 Å². The second-order valence-electron chi connectivity index (χ2n) is 2.17. The molecule has 3 nitrogen and oxygen atoms in total. The molecular formula is C7H17Cl2N3. The van der Waals surface area contributed by atoms with Crippen LogP contribution in [0, 0.1) is 0 Å². The maximum atomic E-state index is 8.06. The summed E-state index contributed by atoms with van der Waals surface area (Å²) in [6.45, 7) is 0.275. The molecule has 0 radical (unpaired) electrons. The highest BCUT2D eigenvalue weighted by atomic mass is 35.5. The number of hydrogen-bond donors (Lipinski definition) is 0. The van der Waals surface area contributed by atoms with E-state index in [1.807, 2.05) is 0 Å².